The van der Waals surface area contributed by atoms with Crippen molar-refractivity contribution < 1.29 is 4.79 Å². The van der Waals surface area contributed by atoms with E-state index in [9.17, 15) is 4.79 Å². The molecule has 70 valence electrons. The molecule has 12 heavy (non-hydrogen) atoms. The third kappa shape index (κ3) is 2.19. The molecule has 0 spiro atoms. The van der Waals surface area contributed by atoms with Crippen LogP contribution in [0, 0.1) is 5.41 Å². The molecule has 0 heterocycles. The summed E-state index contributed by atoms with van der Waals surface area (Å²) in [5, 5.41) is 3.20. The van der Waals surface area contributed by atoms with Crippen molar-refractivity contribution >= 4 is 5.91 Å². The molecule has 2 unspecified atom stereocenters. The van der Waals surface area contributed by atoms with E-state index in [0.717, 1.165) is 6.42 Å². The van der Waals surface area contributed by atoms with Gasteiger partial charge in [-0.2, -0.15) is 0 Å². The Morgan fingerprint density at radius 1 is 1.75 bits per heavy atom. The van der Waals surface area contributed by atoms with Gasteiger partial charge in [0.1, 0.15) is 0 Å². The molecule has 0 radical (unpaired) electrons. The average molecular weight is 171 g/mol. The Balaban J connectivity index is 2.15. The molecule has 0 aromatic carbocycles. The second kappa shape index (κ2) is 3.03. The number of nitrogens with one attached hydrogen (secondary N) is 1. The molecule has 1 saturated carbocycles. The van der Waals surface area contributed by atoms with Gasteiger partial charge >= 0.3 is 0 Å². The number of carbonyl (C=O) groups is 1. The third-order valence-electron chi connectivity index (χ3n) is 2.46. The molecule has 0 aromatic rings. The lowest BCUT2D eigenvalue weighted by atomic mass is 10.2. The minimum Gasteiger partial charge on any atom is -0.368 e. The zero-order valence-electron chi connectivity index (χ0n) is 7.63. The van der Waals surface area contributed by atoms with Crippen LogP contribution in [0.4, 0.5) is 0 Å². The normalized spacial score (nSPS) is 28.1. The van der Waals surface area contributed by atoms with E-state index >= 15 is 0 Å². The number of carbonyl (C=O) groups excluding carboxylic acids is 1. The highest BCUT2D eigenvalue weighted by atomic mass is 16.1. The van der Waals surface area contributed by atoms with E-state index in [2.05, 4.69) is 19.2 Å². The Labute approximate surface area is 72.7 Å². The van der Waals surface area contributed by atoms with Crippen LogP contribution in [-0.4, -0.2) is 24.5 Å². The molecule has 1 amide bonds. The Hall–Kier alpha value is -0.610. The maximum atomic E-state index is 10.6. The first kappa shape index (κ1) is 9.48. The summed E-state index contributed by atoms with van der Waals surface area (Å²) in [4.78, 5) is 10.6. The summed E-state index contributed by atoms with van der Waals surface area (Å²) in [7, 11) is 0. The van der Waals surface area contributed by atoms with E-state index in [-0.39, 0.29) is 0 Å². The van der Waals surface area contributed by atoms with Gasteiger partial charge in [-0.25, -0.2) is 0 Å². The molecule has 4 heteroatoms. The van der Waals surface area contributed by atoms with Crippen LogP contribution in [0.2, 0.25) is 0 Å². The van der Waals surface area contributed by atoms with Crippen molar-refractivity contribution in [2.45, 2.75) is 32.4 Å². The first-order valence-corrected chi connectivity index (χ1v) is 4.22. The maximum Gasteiger partial charge on any atom is 0.235 e. The Bertz CT molecular complexity index is 191. The standard InChI is InChI=1S/C8H17N3O/c1-8(2)3-6(8)11-4-5(9)7(10)12/h5-6,11H,3-4,9H2,1-2H3,(H2,10,12). The van der Waals surface area contributed by atoms with E-state index in [1.165, 1.54) is 0 Å². The lowest BCUT2D eigenvalue weighted by Crippen LogP contribution is -2.45. The van der Waals surface area contributed by atoms with Gasteiger partial charge in [0.2, 0.25) is 5.91 Å². The van der Waals surface area contributed by atoms with E-state index in [4.69, 9.17) is 11.5 Å². The SMILES string of the molecule is CC1(C)CC1NCC(N)C(N)=O. The highest BCUT2D eigenvalue weighted by Crippen LogP contribution is 2.44. The predicted octanol–water partition coefficient (Wildman–Crippen LogP) is -0.813. The monoisotopic (exact) mass is 171 g/mol. The molecule has 1 fully saturated rings. The first-order valence-electron chi connectivity index (χ1n) is 4.22. The van der Waals surface area contributed by atoms with Crippen molar-refractivity contribution in [3.05, 3.63) is 0 Å². The number of primary amides is 1. The molecule has 1 aliphatic rings. The molecule has 0 saturated heterocycles. The quantitative estimate of drug-likeness (QED) is 0.517. The number of hydrogen-bond donors (Lipinski definition) is 3. The van der Waals surface area contributed by atoms with E-state index in [1.807, 2.05) is 0 Å². The molecular weight excluding hydrogens is 154 g/mol. The second-order valence-electron chi connectivity index (χ2n) is 4.16. The van der Waals surface area contributed by atoms with Gasteiger partial charge in [0.25, 0.3) is 0 Å². The van der Waals surface area contributed by atoms with Crippen molar-refractivity contribution in [3.63, 3.8) is 0 Å². The van der Waals surface area contributed by atoms with Crippen LogP contribution >= 0.6 is 0 Å². The van der Waals surface area contributed by atoms with Crippen LogP contribution in [0.5, 0.6) is 0 Å². The zero-order valence-corrected chi connectivity index (χ0v) is 7.63. The summed E-state index contributed by atoms with van der Waals surface area (Å²) in [6.07, 6.45) is 1.15. The number of hydrogen-bond acceptors (Lipinski definition) is 3. The van der Waals surface area contributed by atoms with Gasteiger partial charge in [-0.3, -0.25) is 4.79 Å². The van der Waals surface area contributed by atoms with Gasteiger partial charge < -0.3 is 16.8 Å². The predicted molar refractivity (Wildman–Crippen MR) is 47.4 cm³/mol. The van der Waals surface area contributed by atoms with Crippen molar-refractivity contribution in [1.29, 1.82) is 0 Å². The highest BCUT2D eigenvalue weighted by molar-refractivity contribution is 5.79. The fourth-order valence-electron chi connectivity index (χ4n) is 1.19. The van der Waals surface area contributed by atoms with Crippen molar-refractivity contribution in [3.8, 4) is 0 Å². The van der Waals surface area contributed by atoms with Gasteiger partial charge in [0.15, 0.2) is 0 Å². The van der Waals surface area contributed by atoms with Gasteiger partial charge in [-0.05, 0) is 11.8 Å². The van der Waals surface area contributed by atoms with Crippen LogP contribution in [0.1, 0.15) is 20.3 Å². The molecular formula is C8H17N3O. The zero-order chi connectivity index (χ0) is 9.35. The van der Waals surface area contributed by atoms with Crippen LogP contribution in [-0.2, 0) is 4.79 Å². The summed E-state index contributed by atoms with van der Waals surface area (Å²) >= 11 is 0. The lowest BCUT2D eigenvalue weighted by molar-refractivity contribution is -0.119. The van der Waals surface area contributed by atoms with E-state index in [1.54, 1.807) is 0 Å². The average Bonchev–Trinajstić information content (AvgIpc) is 2.54. The number of amides is 1. The summed E-state index contributed by atoms with van der Waals surface area (Å²) < 4.78 is 0. The van der Waals surface area contributed by atoms with E-state index in [0.29, 0.717) is 18.0 Å². The maximum absolute atomic E-state index is 10.6. The number of rotatable bonds is 4. The minimum atomic E-state index is -0.554. The van der Waals surface area contributed by atoms with Crippen LogP contribution in [0.25, 0.3) is 0 Å². The molecule has 0 bridgehead atoms. The Kier molecular flexibility index (Phi) is 2.39. The lowest BCUT2D eigenvalue weighted by Gasteiger charge is -2.09. The molecule has 4 nitrogen and oxygen atoms in total. The Morgan fingerprint density at radius 3 is 2.58 bits per heavy atom. The van der Waals surface area contributed by atoms with Gasteiger partial charge in [0, 0.05) is 12.6 Å². The Morgan fingerprint density at radius 2 is 2.25 bits per heavy atom. The largest absolute Gasteiger partial charge is 0.368 e. The fraction of sp³-hybridized carbons (Fsp3) is 0.875. The summed E-state index contributed by atoms with van der Waals surface area (Å²) in [5.74, 6) is -0.444. The topological polar surface area (TPSA) is 81.1 Å². The van der Waals surface area contributed by atoms with Crippen molar-refractivity contribution in [2.24, 2.45) is 16.9 Å². The first-order chi connectivity index (χ1) is 5.43. The van der Waals surface area contributed by atoms with Gasteiger partial charge in [0.05, 0.1) is 6.04 Å². The molecule has 2 atom stereocenters. The minimum absolute atomic E-state index is 0.372. The smallest absolute Gasteiger partial charge is 0.235 e. The molecule has 0 aromatic heterocycles. The summed E-state index contributed by atoms with van der Waals surface area (Å²) in [5.41, 5.74) is 10.8. The van der Waals surface area contributed by atoms with Crippen molar-refractivity contribution in [1.82, 2.24) is 5.32 Å². The molecule has 5 N–H and O–H groups in total. The molecule has 1 rings (SSSR count). The number of nitrogens with two attached hydrogens (primary N) is 2. The molecule has 0 aliphatic heterocycles. The summed E-state index contributed by atoms with van der Waals surface area (Å²) in [6.45, 7) is 4.85. The van der Waals surface area contributed by atoms with Crippen molar-refractivity contribution in [2.75, 3.05) is 6.54 Å². The highest BCUT2D eigenvalue weighted by Gasteiger charge is 2.45. The van der Waals surface area contributed by atoms with Gasteiger partial charge in [-0.1, -0.05) is 13.8 Å². The molecule has 1 aliphatic carbocycles. The van der Waals surface area contributed by atoms with Gasteiger partial charge in [-0.15, -0.1) is 0 Å². The van der Waals surface area contributed by atoms with E-state index < -0.39 is 11.9 Å². The van der Waals surface area contributed by atoms with Crippen LogP contribution < -0.4 is 16.8 Å². The summed E-state index contributed by atoms with van der Waals surface area (Å²) in [6, 6.07) is -0.0516. The van der Waals surface area contributed by atoms with Crippen LogP contribution in [0.3, 0.4) is 0 Å². The second-order valence-corrected chi connectivity index (χ2v) is 4.16. The fourth-order valence-corrected chi connectivity index (χ4v) is 1.19. The van der Waals surface area contributed by atoms with Crippen LogP contribution in [0.15, 0.2) is 0 Å². The third-order valence-corrected chi connectivity index (χ3v) is 2.46.